The summed E-state index contributed by atoms with van der Waals surface area (Å²) in [5.41, 5.74) is 0. The van der Waals surface area contributed by atoms with Gasteiger partial charge < -0.3 is 9.13 Å². The fourth-order valence-corrected chi connectivity index (χ4v) is 0.846. The van der Waals surface area contributed by atoms with Gasteiger partial charge in [0.1, 0.15) is 12.7 Å². The summed E-state index contributed by atoms with van der Waals surface area (Å²) in [6.07, 6.45) is 12.1. The summed E-state index contributed by atoms with van der Waals surface area (Å²) in [4.78, 5) is 3.78. The van der Waals surface area contributed by atoms with Crippen molar-refractivity contribution in [1.29, 1.82) is 0 Å². The molecule has 0 N–H and O–H groups in total. The van der Waals surface area contributed by atoms with E-state index in [2.05, 4.69) is 25.5 Å². The third-order valence-corrected chi connectivity index (χ3v) is 1.71. The molecule has 3 aromatic rings. The molecule has 0 unspecified atom stereocenters. The van der Waals surface area contributed by atoms with Crippen molar-refractivity contribution in [2.24, 2.45) is 21.1 Å². The van der Waals surface area contributed by atoms with Crippen LogP contribution in [0.25, 0.3) is 0 Å². The van der Waals surface area contributed by atoms with Crippen LogP contribution in [0.15, 0.2) is 43.8 Å². The fourth-order valence-electron chi connectivity index (χ4n) is 0.846. The summed E-state index contributed by atoms with van der Waals surface area (Å²) in [6.45, 7) is 0. The second-order valence-corrected chi connectivity index (χ2v) is 3.43. The first-order valence-corrected chi connectivity index (χ1v) is 5.19. The van der Waals surface area contributed by atoms with Crippen LogP contribution in [-0.4, -0.2) is 39.3 Å². The molecule has 0 aromatic carbocycles. The Balaban J connectivity index is 0.000000135. The Kier molecular flexibility index (Phi) is 5.81. The molecule has 18 heavy (non-hydrogen) atoms. The lowest BCUT2D eigenvalue weighted by Crippen LogP contribution is -1.85. The van der Waals surface area contributed by atoms with E-state index >= 15 is 0 Å². The van der Waals surface area contributed by atoms with Crippen molar-refractivity contribution in [3.05, 3.63) is 43.8 Å². The Morgan fingerprint density at radius 3 is 1.61 bits per heavy atom. The molecule has 3 aromatic heterocycles. The minimum Gasteiger partial charge on any atom is -0.341 e. The quantitative estimate of drug-likeness (QED) is 0.561. The maximum Gasteiger partial charge on any atom is 0.119 e. The van der Waals surface area contributed by atoms with Gasteiger partial charge in [0.15, 0.2) is 0 Å². The average Bonchev–Trinajstić information content (AvgIpc) is 3.05. The molecule has 0 spiro atoms. The van der Waals surface area contributed by atoms with Gasteiger partial charge in [-0.15, -0.1) is 15.3 Å². The normalized spacial score (nSPS) is 8.83. The number of hydrogen-bond donors (Lipinski definition) is 0. The van der Waals surface area contributed by atoms with Crippen LogP contribution in [0.3, 0.4) is 0 Å². The minimum atomic E-state index is 1.64. The van der Waals surface area contributed by atoms with E-state index in [9.17, 15) is 0 Å². The zero-order chi connectivity index (χ0) is 13.2. The summed E-state index contributed by atoms with van der Waals surface area (Å²) >= 11 is 0. The number of imidazole rings is 1. The Morgan fingerprint density at radius 2 is 1.44 bits per heavy atom. The molecule has 8 nitrogen and oxygen atoms in total. The lowest BCUT2D eigenvalue weighted by atomic mass is 10.9. The maximum atomic E-state index is 3.78. The van der Waals surface area contributed by atoms with Crippen molar-refractivity contribution >= 4 is 0 Å². The van der Waals surface area contributed by atoms with Gasteiger partial charge in [-0.1, -0.05) is 5.21 Å². The molecular weight excluding hydrogens is 232 g/mol. The van der Waals surface area contributed by atoms with Gasteiger partial charge in [0.05, 0.1) is 12.5 Å². The van der Waals surface area contributed by atoms with Crippen LogP contribution in [-0.2, 0) is 21.1 Å². The van der Waals surface area contributed by atoms with Crippen molar-refractivity contribution in [3.63, 3.8) is 0 Å². The predicted molar refractivity (Wildman–Crippen MR) is 65.2 cm³/mol. The van der Waals surface area contributed by atoms with Gasteiger partial charge in [0.2, 0.25) is 0 Å². The SMILES string of the molecule is Cn1ccnc1.Cn1ccnn1.Cn1cnnc1. The van der Waals surface area contributed by atoms with Crippen molar-refractivity contribution in [1.82, 2.24) is 39.3 Å². The van der Waals surface area contributed by atoms with Gasteiger partial charge in [-0.25, -0.2) is 4.98 Å². The van der Waals surface area contributed by atoms with E-state index in [4.69, 9.17) is 0 Å². The van der Waals surface area contributed by atoms with E-state index in [1.54, 1.807) is 46.8 Å². The second kappa shape index (κ2) is 7.71. The van der Waals surface area contributed by atoms with Gasteiger partial charge in [-0.3, -0.25) is 4.68 Å². The predicted octanol–water partition coefficient (Wildman–Crippen LogP) is 0.0503. The smallest absolute Gasteiger partial charge is 0.119 e. The maximum absolute atomic E-state index is 3.78. The summed E-state index contributed by atoms with van der Waals surface area (Å²) in [5.74, 6) is 0. The highest BCUT2D eigenvalue weighted by molar-refractivity contribution is 4.70. The highest BCUT2D eigenvalue weighted by Crippen LogP contribution is 1.73. The molecule has 3 rings (SSSR count). The molecule has 0 saturated carbocycles. The summed E-state index contributed by atoms with van der Waals surface area (Å²) < 4.78 is 5.31. The Labute approximate surface area is 105 Å². The van der Waals surface area contributed by atoms with Crippen molar-refractivity contribution < 1.29 is 0 Å². The van der Waals surface area contributed by atoms with E-state index in [1.165, 1.54) is 0 Å². The Hall–Kier alpha value is -2.51. The molecular formula is C10H16N8. The van der Waals surface area contributed by atoms with Gasteiger partial charge >= 0.3 is 0 Å². The van der Waals surface area contributed by atoms with Crippen LogP contribution in [0.4, 0.5) is 0 Å². The summed E-state index contributed by atoms with van der Waals surface area (Å²) in [5, 5.41) is 14.2. The van der Waals surface area contributed by atoms with E-state index < -0.39 is 0 Å². The minimum absolute atomic E-state index is 1.64. The van der Waals surface area contributed by atoms with Crippen LogP contribution in [0, 0.1) is 0 Å². The molecule has 0 fully saturated rings. The van der Waals surface area contributed by atoms with Crippen molar-refractivity contribution in [3.8, 4) is 0 Å². The number of aryl methyl sites for hydroxylation is 3. The highest BCUT2D eigenvalue weighted by Gasteiger charge is 1.71. The molecule has 0 bridgehead atoms. The molecule has 0 radical (unpaired) electrons. The largest absolute Gasteiger partial charge is 0.341 e. The molecule has 3 heterocycles. The van der Waals surface area contributed by atoms with Crippen LogP contribution in [0.1, 0.15) is 0 Å². The van der Waals surface area contributed by atoms with E-state index in [-0.39, 0.29) is 0 Å². The van der Waals surface area contributed by atoms with E-state index in [0.29, 0.717) is 0 Å². The standard InChI is InChI=1S/C4H6N2.2C3H5N3/c1-6-3-2-5-4-6;1-6-2-4-5-3-6;1-6-3-2-4-5-6/h2-4H,1H3;2*2-3H,1H3. The summed E-state index contributed by atoms with van der Waals surface area (Å²) in [7, 11) is 5.64. The van der Waals surface area contributed by atoms with Crippen molar-refractivity contribution in [2.45, 2.75) is 0 Å². The van der Waals surface area contributed by atoms with Crippen LogP contribution >= 0.6 is 0 Å². The lowest BCUT2D eigenvalue weighted by Gasteiger charge is -1.76. The van der Waals surface area contributed by atoms with Gasteiger partial charge in [-0.05, 0) is 0 Å². The lowest BCUT2D eigenvalue weighted by molar-refractivity contribution is 0.715. The third kappa shape index (κ3) is 6.16. The molecule has 0 amide bonds. The molecule has 0 saturated heterocycles. The first kappa shape index (κ1) is 13.6. The molecule has 0 aliphatic heterocycles. The molecule has 96 valence electrons. The van der Waals surface area contributed by atoms with E-state index in [0.717, 1.165) is 0 Å². The number of rotatable bonds is 0. The Morgan fingerprint density at radius 1 is 0.722 bits per heavy atom. The number of hydrogen-bond acceptors (Lipinski definition) is 5. The second-order valence-electron chi connectivity index (χ2n) is 3.43. The molecule has 0 aliphatic rings. The van der Waals surface area contributed by atoms with Gasteiger partial charge in [0.25, 0.3) is 0 Å². The first-order chi connectivity index (χ1) is 8.68. The van der Waals surface area contributed by atoms with Crippen LogP contribution in [0.2, 0.25) is 0 Å². The van der Waals surface area contributed by atoms with Gasteiger partial charge in [-0.2, -0.15) is 0 Å². The van der Waals surface area contributed by atoms with Crippen LogP contribution < -0.4 is 0 Å². The van der Waals surface area contributed by atoms with Crippen LogP contribution in [0.5, 0.6) is 0 Å². The molecule has 8 heteroatoms. The highest BCUT2D eigenvalue weighted by atomic mass is 15.4. The number of nitrogens with zero attached hydrogens (tertiary/aromatic N) is 8. The topological polar surface area (TPSA) is 79.2 Å². The monoisotopic (exact) mass is 248 g/mol. The zero-order valence-corrected chi connectivity index (χ0v) is 10.6. The van der Waals surface area contributed by atoms with E-state index in [1.807, 2.05) is 31.9 Å². The fraction of sp³-hybridized carbons (Fsp3) is 0.300. The first-order valence-electron chi connectivity index (χ1n) is 5.19. The average molecular weight is 248 g/mol. The number of aromatic nitrogens is 8. The Bertz CT molecular complexity index is 405. The van der Waals surface area contributed by atoms with Gasteiger partial charge in [0, 0.05) is 39.7 Å². The zero-order valence-electron chi connectivity index (χ0n) is 10.6. The third-order valence-electron chi connectivity index (χ3n) is 1.71. The molecule has 0 atom stereocenters. The molecule has 0 aliphatic carbocycles. The van der Waals surface area contributed by atoms with Crippen molar-refractivity contribution in [2.75, 3.05) is 0 Å². The summed E-state index contributed by atoms with van der Waals surface area (Å²) in [6, 6.07) is 0.